The molecule has 0 spiro atoms. The van der Waals surface area contributed by atoms with Gasteiger partial charge in [-0.05, 0) is 18.9 Å². The molecule has 0 aliphatic heterocycles. The Morgan fingerprint density at radius 2 is 1.71 bits per heavy atom. The van der Waals surface area contributed by atoms with Gasteiger partial charge in [-0.2, -0.15) is 0 Å². The van der Waals surface area contributed by atoms with E-state index in [1.165, 1.54) is 0 Å². The van der Waals surface area contributed by atoms with E-state index in [1.54, 1.807) is 30.3 Å². The van der Waals surface area contributed by atoms with Crippen molar-refractivity contribution < 1.29 is 44.3 Å². The van der Waals surface area contributed by atoms with Crippen molar-refractivity contribution in [2.75, 3.05) is 6.61 Å². The third kappa shape index (κ3) is 6.98. The van der Waals surface area contributed by atoms with Crippen LogP contribution in [-0.4, -0.2) is 81.8 Å². The molecule has 0 saturated heterocycles. The molecule has 0 heterocycles. The van der Waals surface area contributed by atoms with Crippen LogP contribution in [-0.2, 0) is 30.3 Å². The molecule has 0 aromatic heterocycles. The summed E-state index contributed by atoms with van der Waals surface area (Å²) in [6.45, 7) is 0.168. The molecular formula is C18H25NO9. The van der Waals surface area contributed by atoms with Crippen LogP contribution in [0.3, 0.4) is 0 Å². The van der Waals surface area contributed by atoms with Gasteiger partial charge in [-0.3, -0.25) is 9.59 Å². The Morgan fingerprint density at radius 3 is 2.21 bits per heavy atom. The number of hydrogen-bond donors (Lipinski definition) is 5. The normalized spacial score (nSPS) is 17.5. The zero-order chi connectivity index (χ0) is 21.3. The molecule has 0 amide bonds. The lowest BCUT2D eigenvalue weighted by molar-refractivity contribution is -0.188. The molecule has 1 aromatic rings. The molecule has 28 heavy (non-hydrogen) atoms. The Hall–Kier alpha value is -2.37. The summed E-state index contributed by atoms with van der Waals surface area (Å²) in [5.74, 6) is -2.24. The highest BCUT2D eigenvalue weighted by molar-refractivity contribution is 5.78. The fraction of sp³-hybridized carbons (Fsp3) is 0.500. The fourth-order valence-corrected chi connectivity index (χ4v) is 2.24. The number of aldehydes is 1. The zero-order valence-electron chi connectivity index (χ0n) is 15.2. The van der Waals surface area contributed by atoms with E-state index in [1.807, 2.05) is 0 Å². The topological polar surface area (TPSA) is 177 Å². The van der Waals surface area contributed by atoms with E-state index in [4.69, 9.17) is 20.3 Å². The van der Waals surface area contributed by atoms with E-state index in [0.29, 0.717) is 0 Å². The van der Waals surface area contributed by atoms with Crippen molar-refractivity contribution in [1.29, 1.82) is 0 Å². The van der Waals surface area contributed by atoms with Gasteiger partial charge in [-0.25, -0.2) is 4.79 Å². The maximum absolute atomic E-state index is 12.3. The van der Waals surface area contributed by atoms with Gasteiger partial charge in [0.15, 0.2) is 18.5 Å². The predicted octanol–water partition coefficient (Wildman–Crippen LogP) is -2.33. The van der Waals surface area contributed by atoms with Gasteiger partial charge < -0.3 is 35.6 Å². The molecule has 0 bridgehead atoms. The van der Waals surface area contributed by atoms with Gasteiger partial charge >= 0.3 is 11.9 Å². The Bertz CT molecular complexity index is 637. The Morgan fingerprint density at radius 1 is 1.11 bits per heavy atom. The smallest absolute Gasteiger partial charge is 0.335 e. The monoisotopic (exact) mass is 399 g/mol. The second-order valence-corrected chi connectivity index (χ2v) is 6.15. The number of carbonyl (C=O) groups is 3. The molecule has 1 rings (SSSR count). The average molecular weight is 399 g/mol. The van der Waals surface area contributed by atoms with Gasteiger partial charge in [0.25, 0.3) is 0 Å². The van der Waals surface area contributed by atoms with Crippen LogP contribution in [0, 0.1) is 0 Å². The summed E-state index contributed by atoms with van der Waals surface area (Å²) in [4.78, 5) is 35.2. The lowest BCUT2D eigenvalue weighted by atomic mass is 10.0. The number of rotatable bonds is 11. The van der Waals surface area contributed by atoms with Crippen LogP contribution < -0.4 is 5.73 Å². The number of hydrogen-bond acceptors (Lipinski definition) is 10. The van der Waals surface area contributed by atoms with Gasteiger partial charge in [-0.15, -0.1) is 0 Å². The highest BCUT2D eigenvalue weighted by atomic mass is 16.6. The van der Waals surface area contributed by atoms with E-state index in [2.05, 4.69) is 0 Å². The summed E-state index contributed by atoms with van der Waals surface area (Å²) < 4.78 is 9.74. The van der Waals surface area contributed by atoms with E-state index in [0.717, 1.165) is 12.5 Å². The highest BCUT2D eigenvalue weighted by Crippen LogP contribution is 2.14. The SMILES string of the molecule is CC(O)C(=O)O[C@@H](C=O)[C@@H](OC(=O)[C@@H](N)Cc1ccccc1)[C@H](O)[C@H](O)CO. The molecule has 0 aliphatic carbocycles. The third-order valence-corrected chi connectivity index (χ3v) is 3.82. The molecule has 0 radical (unpaired) electrons. The largest absolute Gasteiger partial charge is 0.454 e. The fourth-order valence-electron chi connectivity index (χ4n) is 2.24. The molecular weight excluding hydrogens is 374 g/mol. The van der Waals surface area contributed by atoms with Gasteiger partial charge in [0, 0.05) is 0 Å². The Balaban J connectivity index is 2.95. The summed E-state index contributed by atoms with van der Waals surface area (Å²) in [6, 6.07) is 7.55. The van der Waals surface area contributed by atoms with Crippen molar-refractivity contribution >= 4 is 18.2 Å². The van der Waals surface area contributed by atoms with E-state index < -0.39 is 55.1 Å². The number of aliphatic hydroxyl groups excluding tert-OH is 4. The van der Waals surface area contributed by atoms with Crippen LogP contribution >= 0.6 is 0 Å². The molecule has 1 unspecified atom stereocenters. The number of benzene rings is 1. The third-order valence-electron chi connectivity index (χ3n) is 3.82. The van der Waals surface area contributed by atoms with Gasteiger partial charge in [0.1, 0.15) is 24.4 Å². The van der Waals surface area contributed by atoms with E-state index in [-0.39, 0.29) is 12.7 Å². The van der Waals surface area contributed by atoms with Crippen LogP contribution in [0.5, 0.6) is 0 Å². The van der Waals surface area contributed by atoms with Crippen LogP contribution in [0.2, 0.25) is 0 Å². The highest BCUT2D eigenvalue weighted by Gasteiger charge is 2.39. The summed E-state index contributed by atoms with van der Waals surface area (Å²) in [6.07, 6.45) is -8.88. The zero-order valence-corrected chi connectivity index (χ0v) is 15.2. The van der Waals surface area contributed by atoms with Gasteiger partial charge in [0.2, 0.25) is 0 Å². The quantitative estimate of drug-likeness (QED) is 0.200. The molecule has 0 fully saturated rings. The first-order valence-electron chi connectivity index (χ1n) is 8.52. The number of ether oxygens (including phenoxy) is 2. The van der Waals surface area contributed by atoms with Gasteiger partial charge in [-0.1, -0.05) is 30.3 Å². The minimum absolute atomic E-state index is 0.0638. The minimum atomic E-state index is -1.96. The molecule has 6 atom stereocenters. The summed E-state index contributed by atoms with van der Waals surface area (Å²) >= 11 is 0. The van der Waals surface area contributed by atoms with Crippen molar-refractivity contribution in [1.82, 2.24) is 0 Å². The van der Waals surface area contributed by atoms with E-state index >= 15 is 0 Å². The number of nitrogens with two attached hydrogens (primary N) is 1. The maximum atomic E-state index is 12.3. The molecule has 10 nitrogen and oxygen atoms in total. The molecule has 0 aliphatic rings. The molecule has 6 N–H and O–H groups in total. The first-order valence-corrected chi connectivity index (χ1v) is 8.52. The number of aliphatic hydroxyl groups is 4. The number of esters is 2. The van der Waals surface area contributed by atoms with Crippen LogP contribution in [0.4, 0.5) is 0 Å². The second kappa shape index (κ2) is 11.5. The first kappa shape index (κ1) is 23.7. The van der Waals surface area contributed by atoms with Crippen molar-refractivity contribution in [3.8, 4) is 0 Å². The Labute approximate surface area is 161 Å². The van der Waals surface area contributed by atoms with E-state index in [9.17, 15) is 29.7 Å². The minimum Gasteiger partial charge on any atom is -0.454 e. The van der Waals surface area contributed by atoms with Crippen LogP contribution in [0.15, 0.2) is 30.3 Å². The average Bonchev–Trinajstić information content (AvgIpc) is 2.69. The maximum Gasteiger partial charge on any atom is 0.335 e. The lowest BCUT2D eigenvalue weighted by Crippen LogP contribution is -2.52. The second-order valence-electron chi connectivity index (χ2n) is 6.15. The van der Waals surface area contributed by atoms with Gasteiger partial charge in [0.05, 0.1) is 6.61 Å². The molecule has 10 heteroatoms. The molecule has 156 valence electrons. The first-order chi connectivity index (χ1) is 13.2. The summed E-state index contributed by atoms with van der Waals surface area (Å²) in [5, 5.41) is 38.0. The van der Waals surface area contributed by atoms with Crippen molar-refractivity contribution in [2.24, 2.45) is 5.73 Å². The Kier molecular flexibility index (Phi) is 9.69. The lowest BCUT2D eigenvalue weighted by Gasteiger charge is -2.30. The standard InChI is InChI=1S/C18H25NO9/c1-10(22)17(25)27-14(9-21)16(15(24)13(23)8-20)28-18(26)12(19)7-11-5-3-2-4-6-11/h2-6,9-10,12-16,20,22-24H,7-8,19H2,1H3/t10?,12-,13+,14-,15+,16+/m0/s1. The van der Waals surface area contributed by atoms with Crippen molar-refractivity contribution in [3.63, 3.8) is 0 Å². The molecule has 1 aromatic carbocycles. The van der Waals surface area contributed by atoms with Crippen LogP contribution in [0.1, 0.15) is 12.5 Å². The van der Waals surface area contributed by atoms with Crippen molar-refractivity contribution in [3.05, 3.63) is 35.9 Å². The summed E-state index contributed by atoms with van der Waals surface area (Å²) in [7, 11) is 0. The molecule has 0 saturated carbocycles. The predicted molar refractivity (Wildman–Crippen MR) is 94.7 cm³/mol. The summed E-state index contributed by atoms with van der Waals surface area (Å²) in [5.41, 5.74) is 6.52. The van der Waals surface area contributed by atoms with Crippen molar-refractivity contribution in [2.45, 2.75) is 49.9 Å². The van der Waals surface area contributed by atoms with Crippen LogP contribution in [0.25, 0.3) is 0 Å². The number of carbonyl (C=O) groups excluding carboxylic acids is 3.